The van der Waals surface area contributed by atoms with Crippen LogP contribution in [0.2, 0.25) is 0 Å². The Labute approximate surface area is 165 Å². The minimum atomic E-state index is 0. The summed E-state index contributed by atoms with van der Waals surface area (Å²) in [5.74, 6) is 0.777. The zero-order valence-electron chi connectivity index (χ0n) is 14.1. The summed E-state index contributed by atoms with van der Waals surface area (Å²) in [6.07, 6.45) is 5.53. The molecular weight excluding hydrogens is 425 g/mol. The van der Waals surface area contributed by atoms with Crippen LogP contribution < -0.4 is 10.6 Å². The van der Waals surface area contributed by atoms with Crippen LogP contribution in [-0.4, -0.2) is 22.6 Å². The molecule has 0 spiro atoms. The monoisotopic (exact) mass is 447 g/mol. The number of para-hydroxylation sites is 1. The SMILES string of the molecule is CN=C(NCc1ccccc1)NCc1ccccc1-n1ccnc1.I. The highest BCUT2D eigenvalue weighted by molar-refractivity contribution is 14.0. The summed E-state index contributed by atoms with van der Waals surface area (Å²) >= 11 is 0. The topological polar surface area (TPSA) is 54.2 Å². The van der Waals surface area contributed by atoms with Crippen molar-refractivity contribution in [3.63, 3.8) is 0 Å². The van der Waals surface area contributed by atoms with E-state index in [4.69, 9.17) is 0 Å². The van der Waals surface area contributed by atoms with Crippen molar-refractivity contribution in [3.05, 3.63) is 84.4 Å². The molecular formula is C19H22IN5. The van der Waals surface area contributed by atoms with Gasteiger partial charge in [-0.25, -0.2) is 4.98 Å². The molecule has 0 saturated carbocycles. The molecule has 0 bridgehead atoms. The summed E-state index contributed by atoms with van der Waals surface area (Å²) in [4.78, 5) is 8.41. The van der Waals surface area contributed by atoms with Crippen LogP contribution in [0.5, 0.6) is 0 Å². The lowest BCUT2D eigenvalue weighted by molar-refractivity contribution is 0.804. The molecule has 2 N–H and O–H groups in total. The Morgan fingerprint density at radius 3 is 2.44 bits per heavy atom. The molecule has 5 nitrogen and oxygen atoms in total. The van der Waals surface area contributed by atoms with E-state index in [2.05, 4.69) is 44.9 Å². The van der Waals surface area contributed by atoms with E-state index in [-0.39, 0.29) is 24.0 Å². The zero-order valence-corrected chi connectivity index (χ0v) is 16.4. The second-order valence-corrected chi connectivity index (χ2v) is 5.36. The number of benzene rings is 2. The Balaban J connectivity index is 0.00000225. The lowest BCUT2D eigenvalue weighted by atomic mass is 10.1. The molecule has 0 unspecified atom stereocenters. The lowest BCUT2D eigenvalue weighted by Crippen LogP contribution is -2.36. The summed E-state index contributed by atoms with van der Waals surface area (Å²) in [6, 6.07) is 18.5. The molecule has 6 heteroatoms. The number of imidazole rings is 1. The molecule has 0 aliphatic carbocycles. The quantitative estimate of drug-likeness (QED) is 0.359. The minimum Gasteiger partial charge on any atom is -0.352 e. The third kappa shape index (κ3) is 5.32. The van der Waals surface area contributed by atoms with E-state index in [0.717, 1.165) is 18.2 Å². The van der Waals surface area contributed by atoms with Crippen LogP contribution in [-0.2, 0) is 13.1 Å². The molecule has 1 heterocycles. The first kappa shape index (κ1) is 19.0. The number of nitrogens with zero attached hydrogens (tertiary/aromatic N) is 3. The molecule has 0 amide bonds. The highest BCUT2D eigenvalue weighted by atomic mass is 127. The molecule has 130 valence electrons. The number of aliphatic imine (C=N–C) groups is 1. The molecule has 0 saturated heterocycles. The lowest BCUT2D eigenvalue weighted by Gasteiger charge is -2.14. The molecule has 3 aromatic rings. The van der Waals surface area contributed by atoms with E-state index >= 15 is 0 Å². The van der Waals surface area contributed by atoms with E-state index in [1.165, 1.54) is 11.1 Å². The average molecular weight is 447 g/mol. The van der Waals surface area contributed by atoms with Gasteiger partial charge in [0.15, 0.2) is 5.96 Å². The summed E-state index contributed by atoms with van der Waals surface area (Å²) < 4.78 is 2.01. The Morgan fingerprint density at radius 2 is 1.72 bits per heavy atom. The first-order valence-corrected chi connectivity index (χ1v) is 7.91. The van der Waals surface area contributed by atoms with E-state index in [0.29, 0.717) is 6.54 Å². The van der Waals surface area contributed by atoms with Gasteiger partial charge in [-0.15, -0.1) is 24.0 Å². The predicted molar refractivity (Wildman–Crippen MR) is 112 cm³/mol. The van der Waals surface area contributed by atoms with E-state index < -0.39 is 0 Å². The Kier molecular flexibility index (Phi) is 7.46. The third-order valence-corrected chi connectivity index (χ3v) is 3.75. The second kappa shape index (κ2) is 9.83. The van der Waals surface area contributed by atoms with Gasteiger partial charge in [0.05, 0.1) is 12.0 Å². The van der Waals surface area contributed by atoms with Gasteiger partial charge in [-0.3, -0.25) is 4.99 Å². The normalized spacial score (nSPS) is 10.8. The number of rotatable bonds is 5. The maximum Gasteiger partial charge on any atom is 0.191 e. The van der Waals surface area contributed by atoms with Crippen LogP contribution in [0.25, 0.3) is 5.69 Å². The first-order valence-electron chi connectivity index (χ1n) is 7.91. The molecule has 0 aliphatic heterocycles. The minimum absolute atomic E-state index is 0. The summed E-state index contributed by atoms with van der Waals surface area (Å²) in [5.41, 5.74) is 3.51. The molecule has 2 aromatic carbocycles. The van der Waals surface area contributed by atoms with Gasteiger partial charge in [0.1, 0.15) is 0 Å². The first-order chi connectivity index (χ1) is 11.9. The molecule has 0 atom stereocenters. The van der Waals surface area contributed by atoms with Crippen LogP contribution in [0.1, 0.15) is 11.1 Å². The van der Waals surface area contributed by atoms with Crippen LogP contribution in [0, 0.1) is 0 Å². The second-order valence-electron chi connectivity index (χ2n) is 5.36. The highest BCUT2D eigenvalue weighted by Crippen LogP contribution is 2.13. The molecule has 0 aliphatic rings. The van der Waals surface area contributed by atoms with Crippen molar-refractivity contribution in [3.8, 4) is 5.69 Å². The van der Waals surface area contributed by atoms with Crippen molar-refractivity contribution in [2.24, 2.45) is 4.99 Å². The van der Waals surface area contributed by atoms with Crippen molar-refractivity contribution in [1.29, 1.82) is 0 Å². The fourth-order valence-corrected chi connectivity index (χ4v) is 2.50. The molecule has 3 rings (SSSR count). The van der Waals surface area contributed by atoms with Crippen molar-refractivity contribution in [1.82, 2.24) is 20.2 Å². The van der Waals surface area contributed by atoms with Crippen molar-refractivity contribution < 1.29 is 0 Å². The Morgan fingerprint density at radius 1 is 1.00 bits per heavy atom. The van der Waals surface area contributed by atoms with Gasteiger partial charge >= 0.3 is 0 Å². The fourth-order valence-electron chi connectivity index (χ4n) is 2.50. The highest BCUT2D eigenvalue weighted by Gasteiger charge is 2.05. The van der Waals surface area contributed by atoms with E-state index in [1.54, 1.807) is 19.6 Å². The number of halogens is 1. The number of nitrogens with one attached hydrogen (secondary N) is 2. The van der Waals surface area contributed by atoms with Gasteiger partial charge in [-0.05, 0) is 17.2 Å². The fraction of sp³-hybridized carbons (Fsp3) is 0.158. The predicted octanol–water partition coefficient (Wildman–Crippen LogP) is 3.36. The number of guanidine groups is 1. The Bertz CT molecular complexity index is 785. The van der Waals surface area contributed by atoms with Gasteiger partial charge < -0.3 is 15.2 Å². The molecule has 0 radical (unpaired) electrons. The number of hydrogen-bond acceptors (Lipinski definition) is 2. The smallest absolute Gasteiger partial charge is 0.191 e. The van der Waals surface area contributed by atoms with Gasteiger partial charge in [0.2, 0.25) is 0 Å². The van der Waals surface area contributed by atoms with Gasteiger partial charge in [-0.1, -0.05) is 48.5 Å². The van der Waals surface area contributed by atoms with E-state index in [1.807, 2.05) is 41.1 Å². The maximum atomic E-state index is 4.29. The third-order valence-electron chi connectivity index (χ3n) is 3.75. The van der Waals surface area contributed by atoms with Crippen LogP contribution >= 0.6 is 24.0 Å². The van der Waals surface area contributed by atoms with E-state index in [9.17, 15) is 0 Å². The molecule has 0 fully saturated rings. The maximum absolute atomic E-state index is 4.29. The van der Waals surface area contributed by atoms with Crippen LogP contribution in [0.15, 0.2) is 78.3 Å². The largest absolute Gasteiger partial charge is 0.352 e. The Hall–Kier alpha value is -2.35. The van der Waals surface area contributed by atoms with Gasteiger partial charge in [0.25, 0.3) is 0 Å². The average Bonchev–Trinajstić information content (AvgIpc) is 3.17. The summed E-state index contributed by atoms with van der Waals surface area (Å²) in [7, 11) is 1.78. The molecule has 1 aromatic heterocycles. The zero-order chi connectivity index (χ0) is 16.6. The number of hydrogen-bond donors (Lipinski definition) is 2. The summed E-state index contributed by atoms with van der Waals surface area (Å²) in [5, 5.41) is 6.69. The number of aromatic nitrogens is 2. The van der Waals surface area contributed by atoms with Gasteiger partial charge in [0, 0.05) is 32.5 Å². The van der Waals surface area contributed by atoms with Crippen molar-refractivity contribution in [2.45, 2.75) is 13.1 Å². The van der Waals surface area contributed by atoms with Crippen LogP contribution in [0.4, 0.5) is 0 Å². The van der Waals surface area contributed by atoms with Crippen molar-refractivity contribution in [2.75, 3.05) is 7.05 Å². The molecule has 25 heavy (non-hydrogen) atoms. The van der Waals surface area contributed by atoms with Crippen LogP contribution in [0.3, 0.4) is 0 Å². The standard InChI is InChI=1S/C19H21N5.HI/c1-20-19(22-13-16-7-3-2-4-8-16)23-14-17-9-5-6-10-18(17)24-12-11-21-15-24;/h2-12,15H,13-14H2,1H3,(H2,20,22,23);1H. The summed E-state index contributed by atoms with van der Waals surface area (Å²) in [6.45, 7) is 1.42. The van der Waals surface area contributed by atoms with Gasteiger partial charge in [-0.2, -0.15) is 0 Å². The van der Waals surface area contributed by atoms with Crippen molar-refractivity contribution >= 4 is 29.9 Å².